The number of nitro groups is 1. The topological polar surface area (TPSA) is 55.2 Å². The first-order valence-corrected chi connectivity index (χ1v) is 5.35. The van der Waals surface area contributed by atoms with Crippen molar-refractivity contribution in [2.24, 2.45) is 0 Å². The molecular weight excluding hydrogens is 200 g/mol. The lowest BCUT2D eigenvalue weighted by molar-refractivity contribution is -0.383. The molecular formula is C9H12N2O2S. The molecule has 0 radical (unpaired) electrons. The highest BCUT2D eigenvalue weighted by Crippen LogP contribution is 2.25. The first kappa shape index (κ1) is 10.8. The van der Waals surface area contributed by atoms with Crippen molar-refractivity contribution in [1.29, 1.82) is 0 Å². The maximum absolute atomic E-state index is 10.6. The first-order valence-electron chi connectivity index (χ1n) is 4.37. The third-order valence-corrected chi connectivity index (χ3v) is 2.57. The van der Waals surface area contributed by atoms with E-state index in [4.69, 9.17) is 0 Å². The number of rotatable bonds is 5. The van der Waals surface area contributed by atoms with Crippen molar-refractivity contribution in [2.45, 2.75) is 13.3 Å². The molecule has 0 unspecified atom stereocenters. The Hall–Kier alpha value is -1.23. The van der Waals surface area contributed by atoms with Gasteiger partial charge in [-0.3, -0.25) is 10.1 Å². The van der Waals surface area contributed by atoms with Crippen molar-refractivity contribution >= 4 is 23.3 Å². The van der Waals surface area contributed by atoms with Gasteiger partial charge in [-0.1, -0.05) is 31.0 Å². The Morgan fingerprint density at radius 2 is 2.21 bits per heavy atom. The standard InChI is InChI=1S/C9H12N2O2S/c1-2-7-14-10-8-5-3-4-6-9(8)11(12)13/h3-6,10H,2,7H2,1H3. The molecule has 0 saturated carbocycles. The van der Waals surface area contributed by atoms with Crippen molar-refractivity contribution < 1.29 is 4.92 Å². The number of nitro benzene ring substituents is 1. The highest BCUT2D eigenvalue weighted by atomic mass is 32.2. The first-order chi connectivity index (χ1) is 6.75. The summed E-state index contributed by atoms with van der Waals surface area (Å²) in [6, 6.07) is 6.64. The minimum absolute atomic E-state index is 0.121. The average Bonchev–Trinajstić information content (AvgIpc) is 2.19. The van der Waals surface area contributed by atoms with Gasteiger partial charge in [0, 0.05) is 11.8 Å². The molecule has 4 nitrogen and oxygen atoms in total. The zero-order valence-corrected chi connectivity index (χ0v) is 8.71. The van der Waals surface area contributed by atoms with Crippen molar-refractivity contribution in [2.75, 3.05) is 10.5 Å². The fraction of sp³-hybridized carbons (Fsp3) is 0.333. The second kappa shape index (κ2) is 5.49. The smallest absolute Gasteiger partial charge is 0.293 e. The van der Waals surface area contributed by atoms with Crippen molar-refractivity contribution in [3.63, 3.8) is 0 Å². The summed E-state index contributed by atoms with van der Waals surface area (Å²) in [4.78, 5) is 10.2. The van der Waals surface area contributed by atoms with Gasteiger partial charge in [0.2, 0.25) is 0 Å². The van der Waals surface area contributed by atoms with Gasteiger partial charge in [-0.25, -0.2) is 0 Å². The SMILES string of the molecule is CCCSNc1ccccc1[N+](=O)[O-]. The summed E-state index contributed by atoms with van der Waals surface area (Å²) in [5, 5.41) is 10.6. The molecule has 0 amide bonds. The van der Waals surface area contributed by atoms with Crippen LogP contribution in [0.2, 0.25) is 0 Å². The number of benzene rings is 1. The minimum atomic E-state index is -0.380. The Bertz CT molecular complexity index is 317. The minimum Gasteiger partial charge on any atom is -0.324 e. The highest BCUT2D eigenvalue weighted by Gasteiger charge is 2.11. The number of hydrogen-bond donors (Lipinski definition) is 1. The molecule has 0 aliphatic rings. The molecule has 1 aromatic rings. The van der Waals surface area contributed by atoms with Crippen LogP contribution in [0.5, 0.6) is 0 Å². The molecule has 1 aromatic carbocycles. The van der Waals surface area contributed by atoms with E-state index in [1.54, 1.807) is 18.2 Å². The average molecular weight is 212 g/mol. The van der Waals surface area contributed by atoms with E-state index in [9.17, 15) is 10.1 Å². The van der Waals surface area contributed by atoms with Crippen LogP contribution in [0.25, 0.3) is 0 Å². The number of anilines is 1. The fourth-order valence-electron chi connectivity index (χ4n) is 0.950. The molecule has 0 aliphatic carbocycles. The zero-order valence-electron chi connectivity index (χ0n) is 7.90. The molecule has 14 heavy (non-hydrogen) atoms. The third-order valence-electron chi connectivity index (χ3n) is 1.59. The lowest BCUT2D eigenvalue weighted by Crippen LogP contribution is -1.95. The predicted octanol–water partition coefficient (Wildman–Crippen LogP) is 3.06. The molecule has 76 valence electrons. The summed E-state index contributed by atoms with van der Waals surface area (Å²) in [5.74, 6) is 0.937. The van der Waals surface area contributed by atoms with Crippen molar-refractivity contribution in [3.05, 3.63) is 34.4 Å². The summed E-state index contributed by atoms with van der Waals surface area (Å²) in [6.07, 6.45) is 1.04. The van der Waals surface area contributed by atoms with Crippen LogP contribution in [-0.4, -0.2) is 10.7 Å². The van der Waals surface area contributed by atoms with E-state index in [-0.39, 0.29) is 10.6 Å². The lowest BCUT2D eigenvalue weighted by Gasteiger charge is -2.04. The second-order valence-electron chi connectivity index (χ2n) is 2.72. The Morgan fingerprint density at radius 3 is 2.86 bits per heavy atom. The van der Waals surface area contributed by atoms with Gasteiger partial charge in [0.1, 0.15) is 5.69 Å². The van der Waals surface area contributed by atoms with Crippen LogP contribution < -0.4 is 4.72 Å². The number of nitrogens with zero attached hydrogens (tertiary/aromatic N) is 1. The number of hydrogen-bond acceptors (Lipinski definition) is 4. The van der Waals surface area contributed by atoms with Crippen LogP contribution in [0.15, 0.2) is 24.3 Å². The van der Waals surface area contributed by atoms with E-state index in [2.05, 4.69) is 11.6 Å². The van der Waals surface area contributed by atoms with E-state index in [0.29, 0.717) is 5.69 Å². The van der Waals surface area contributed by atoms with E-state index >= 15 is 0 Å². The monoisotopic (exact) mass is 212 g/mol. The molecule has 0 heterocycles. The zero-order chi connectivity index (χ0) is 10.4. The van der Waals surface area contributed by atoms with Crippen LogP contribution in [0, 0.1) is 10.1 Å². The Balaban J connectivity index is 2.69. The molecule has 0 spiro atoms. The van der Waals surface area contributed by atoms with Gasteiger partial charge < -0.3 is 4.72 Å². The Labute approximate surface area is 87.0 Å². The quantitative estimate of drug-likeness (QED) is 0.353. The van der Waals surface area contributed by atoms with Gasteiger partial charge in [0.25, 0.3) is 5.69 Å². The number of nitrogens with one attached hydrogen (secondary N) is 1. The second-order valence-corrected chi connectivity index (χ2v) is 3.63. The van der Waals surface area contributed by atoms with E-state index in [0.717, 1.165) is 12.2 Å². The molecule has 0 aliphatic heterocycles. The molecule has 1 rings (SSSR count). The fourth-order valence-corrected chi connectivity index (χ4v) is 1.58. The van der Waals surface area contributed by atoms with Gasteiger partial charge in [0.15, 0.2) is 0 Å². The third kappa shape index (κ3) is 2.92. The Kier molecular flexibility index (Phi) is 4.25. The number of para-hydroxylation sites is 2. The molecule has 1 N–H and O–H groups in total. The molecule has 0 atom stereocenters. The van der Waals surface area contributed by atoms with Gasteiger partial charge in [-0.15, -0.1) is 0 Å². The van der Waals surface area contributed by atoms with Crippen LogP contribution >= 0.6 is 11.9 Å². The largest absolute Gasteiger partial charge is 0.324 e. The van der Waals surface area contributed by atoms with E-state index in [1.807, 2.05) is 0 Å². The van der Waals surface area contributed by atoms with Crippen molar-refractivity contribution in [1.82, 2.24) is 0 Å². The maximum Gasteiger partial charge on any atom is 0.293 e. The normalized spacial score (nSPS) is 9.79. The van der Waals surface area contributed by atoms with Crippen LogP contribution in [0.1, 0.15) is 13.3 Å². The highest BCUT2D eigenvalue weighted by molar-refractivity contribution is 8.00. The molecule has 0 aromatic heterocycles. The van der Waals surface area contributed by atoms with Gasteiger partial charge in [-0.05, 0) is 12.5 Å². The van der Waals surface area contributed by atoms with Gasteiger partial charge >= 0.3 is 0 Å². The van der Waals surface area contributed by atoms with E-state index in [1.165, 1.54) is 18.0 Å². The predicted molar refractivity (Wildman–Crippen MR) is 59.5 cm³/mol. The molecule has 0 fully saturated rings. The van der Waals surface area contributed by atoms with Crippen LogP contribution in [0.3, 0.4) is 0 Å². The van der Waals surface area contributed by atoms with Crippen LogP contribution in [-0.2, 0) is 0 Å². The van der Waals surface area contributed by atoms with Gasteiger partial charge in [0.05, 0.1) is 4.92 Å². The van der Waals surface area contributed by atoms with Crippen LogP contribution in [0.4, 0.5) is 11.4 Å². The summed E-state index contributed by atoms with van der Waals surface area (Å²) in [6.45, 7) is 2.06. The lowest BCUT2D eigenvalue weighted by atomic mass is 10.3. The molecule has 0 bridgehead atoms. The summed E-state index contributed by atoms with van der Waals surface area (Å²) in [7, 11) is 0. The summed E-state index contributed by atoms with van der Waals surface area (Å²) >= 11 is 1.48. The summed E-state index contributed by atoms with van der Waals surface area (Å²) < 4.78 is 2.97. The van der Waals surface area contributed by atoms with Crippen molar-refractivity contribution in [3.8, 4) is 0 Å². The van der Waals surface area contributed by atoms with E-state index < -0.39 is 0 Å². The molecule has 5 heteroatoms. The maximum atomic E-state index is 10.6. The Morgan fingerprint density at radius 1 is 1.50 bits per heavy atom. The summed E-state index contributed by atoms with van der Waals surface area (Å²) in [5.41, 5.74) is 0.687. The van der Waals surface area contributed by atoms with Gasteiger partial charge in [-0.2, -0.15) is 0 Å². The molecule has 0 saturated heterocycles.